The molecule has 386 valence electrons. The Morgan fingerprint density at radius 2 is 1.58 bits per heavy atom. The van der Waals surface area contributed by atoms with E-state index in [0.717, 1.165) is 64.4 Å². The van der Waals surface area contributed by atoms with Crippen molar-refractivity contribution in [2.24, 2.45) is 5.41 Å². The molecule has 6 rings (SSSR count). The predicted octanol–water partition coefficient (Wildman–Crippen LogP) is 8.10. The number of unbranched alkanes of at least 4 members (excludes halogenated alkanes) is 3. The zero-order chi connectivity index (χ0) is 52.4. The number of nitrogens with one attached hydrogen (secondary N) is 2. The van der Waals surface area contributed by atoms with Gasteiger partial charge in [0.25, 0.3) is 5.91 Å². The lowest BCUT2D eigenvalue weighted by Gasteiger charge is -2.35. The van der Waals surface area contributed by atoms with Crippen molar-refractivity contribution >= 4 is 63.7 Å². The fourth-order valence-corrected chi connectivity index (χ4v) is 9.82. The lowest BCUT2D eigenvalue weighted by atomic mass is 9.85. The summed E-state index contributed by atoms with van der Waals surface area (Å²) in [5, 5.41) is 25.5. The number of rotatable bonds is 22. The molecule has 15 nitrogen and oxygen atoms in total. The number of carbonyl (C=O) groups is 4. The van der Waals surface area contributed by atoms with Crippen LogP contribution in [0.25, 0.3) is 10.4 Å². The van der Waals surface area contributed by atoms with E-state index in [1.807, 2.05) is 52.0 Å². The number of aliphatic hydroxyl groups excluding tert-OH is 1. The number of thiocarbonyl (C=S) groups is 1. The quantitative estimate of drug-likeness (QED) is 0.0508. The van der Waals surface area contributed by atoms with E-state index >= 15 is 0 Å². The molecule has 2 aliphatic heterocycles. The van der Waals surface area contributed by atoms with Crippen molar-refractivity contribution in [1.82, 2.24) is 20.5 Å². The van der Waals surface area contributed by atoms with Crippen LogP contribution in [-0.4, -0.2) is 107 Å². The molecule has 0 spiro atoms. The Bertz CT molecular complexity index is 2600. The van der Waals surface area contributed by atoms with Gasteiger partial charge in [0, 0.05) is 45.0 Å². The summed E-state index contributed by atoms with van der Waals surface area (Å²) in [5.74, 6) is -1.20. The molecule has 0 radical (unpaired) electrons. The van der Waals surface area contributed by atoms with Crippen molar-refractivity contribution < 1.29 is 51.7 Å². The fourth-order valence-electron chi connectivity index (χ4n) is 8.48. The fraction of sp³-hybridized carbons (Fsp3) is 0.481. The SMILES string of the molecule is Cc1ncsc1-c1ccc(CNC(=O)[C@@H]2C[C@@H](O)CN2C(=O)[C@@H](NC(=O)COCCCCOCCCCCOc2ccc(N3C(=S)N(c4ccc(C#N)c(C(F)(F)F)c4)C(=O)C3(C)C)cc2)C(C)(C)C)cc1. The second-order valence-electron chi connectivity index (χ2n) is 19.4. The van der Waals surface area contributed by atoms with Gasteiger partial charge in [0.15, 0.2) is 5.11 Å². The number of aromatic nitrogens is 1. The third-order valence-electron chi connectivity index (χ3n) is 12.4. The largest absolute Gasteiger partial charge is 0.494 e. The number of nitrogens with zero attached hydrogens (tertiary/aromatic N) is 5. The molecule has 2 saturated heterocycles. The van der Waals surface area contributed by atoms with Crippen LogP contribution in [0.15, 0.2) is 72.2 Å². The van der Waals surface area contributed by atoms with E-state index in [9.17, 15) is 42.7 Å². The number of hydrogen-bond donors (Lipinski definition) is 3. The second kappa shape index (κ2) is 24.2. The van der Waals surface area contributed by atoms with Crippen molar-refractivity contribution in [3.63, 3.8) is 0 Å². The molecule has 72 heavy (non-hydrogen) atoms. The van der Waals surface area contributed by atoms with Crippen LogP contribution in [0, 0.1) is 23.7 Å². The van der Waals surface area contributed by atoms with Crippen LogP contribution >= 0.6 is 23.6 Å². The van der Waals surface area contributed by atoms with Gasteiger partial charge in [-0.05, 0) is 124 Å². The Kier molecular flexibility index (Phi) is 18.6. The van der Waals surface area contributed by atoms with Gasteiger partial charge in [-0.15, -0.1) is 11.3 Å². The normalized spacial score (nSPS) is 17.3. The number of amides is 4. The van der Waals surface area contributed by atoms with Crippen LogP contribution in [0.5, 0.6) is 5.75 Å². The number of ether oxygens (including phenoxy) is 3. The minimum Gasteiger partial charge on any atom is -0.494 e. The highest BCUT2D eigenvalue weighted by Gasteiger charge is 2.51. The molecule has 0 unspecified atom stereocenters. The van der Waals surface area contributed by atoms with Gasteiger partial charge in [0.2, 0.25) is 17.7 Å². The summed E-state index contributed by atoms with van der Waals surface area (Å²) in [7, 11) is 0. The summed E-state index contributed by atoms with van der Waals surface area (Å²) in [6.45, 7) is 12.6. The lowest BCUT2D eigenvalue weighted by molar-refractivity contribution is -0.144. The van der Waals surface area contributed by atoms with Crippen molar-refractivity contribution in [2.45, 2.75) is 117 Å². The molecule has 0 aliphatic carbocycles. The molecule has 4 amide bonds. The van der Waals surface area contributed by atoms with E-state index in [2.05, 4.69) is 15.6 Å². The average Bonchev–Trinajstić information content (AvgIpc) is 4.00. The number of aliphatic hydroxyl groups is 1. The molecule has 0 saturated carbocycles. The third kappa shape index (κ3) is 13.7. The van der Waals surface area contributed by atoms with Crippen molar-refractivity contribution in [3.05, 3.63) is 94.6 Å². The second-order valence-corrected chi connectivity index (χ2v) is 20.6. The smallest absolute Gasteiger partial charge is 0.417 e. The minimum atomic E-state index is -4.80. The first-order valence-corrected chi connectivity index (χ1v) is 25.1. The summed E-state index contributed by atoms with van der Waals surface area (Å²) in [5.41, 5.74) is 1.54. The Morgan fingerprint density at radius 3 is 2.21 bits per heavy atom. The predicted molar refractivity (Wildman–Crippen MR) is 271 cm³/mol. The zero-order valence-electron chi connectivity index (χ0n) is 41.3. The number of alkyl halides is 3. The van der Waals surface area contributed by atoms with E-state index in [4.69, 9.17) is 26.4 Å². The summed E-state index contributed by atoms with van der Waals surface area (Å²) < 4.78 is 58.4. The number of thiazole rings is 1. The Balaban J connectivity index is 0.836. The molecule has 3 atom stereocenters. The molecule has 4 aromatic rings. The van der Waals surface area contributed by atoms with Gasteiger partial charge in [-0.3, -0.25) is 24.1 Å². The molecular formula is C52H62F3N7O8S2. The van der Waals surface area contributed by atoms with E-state index in [0.29, 0.717) is 44.3 Å². The maximum Gasteiger partial charge on any atom is 0.417 e. The number of carbonyl (C=O) groups excluding carboxylic acids is 4. The number of hydrogen-bond acceptors (Lipinski definition) is 12. The molecule has 3 aromatic carbocycles. The number of halogens is 3. The van der Waals surface area contributed by atoms with Gasteiger partial charge in [-0.25, -0.2) is 4.98 Å². The Morgan fingerprint density at radius 1 is 0.944 bits per heavy atom. The third-order valence-corrected chi connectivity index (χ3v) is 13.8. The average molecular weight is 1030 g/mol. The number of benzene rings is 3. The maximum atomic E-state index is 13.9. The molecule has 3 N–H and O–H groups in total. The Labute approximate surface area is 427 Å². The molecule has 3 heterocycles. The highest BCUT2D eigenvalue weighted by Crippen LogP contribution is 2.40. The van der Waals surface area contributed by atoms with Gasteiger partial charge in [-0.2, -0.15) is 18.4 Å². The summed E-state index contributed by atoms with van der Waals surface area (Å²) in [6.07, 6.45) is -1.73. The van der Waals surface area contributed by atoms with Crippen LogP contribution in [0.1, 0.15) is 95.5 Å². The van der Waals surface area contributed by atoms with Crippen LogP contribution < -0.4 is 25.2 Å². The molecule has 2 fully saturated rings. The molecule has 0 bridgehead atoms. The van der Waals surface area contributed by atoms with E-state index in [-0.39, 0.29) is 42.8 Å². The molecule has 2 aliphatic rings. The summed E-state index contributed by atoms with van der Waals surface area (Å²) >= 11 is 7.19. The van der Waals surface area contributed by atoms with Gasteiger partial charge < -0.3 is 39.8 Å². The maximum absolute atomic E-state index is 13.9. The monoisotopic (exact) mass is 1030 g/mol. The number of anilines is 2. The number of likely N-dealkylation sites (tertiary alicyclic amines) is 1. The van der Waals surface area contributed by atoms with E-state index in [1.165, 1.54) is 11.0 Å². The van der Waals surface area contributed by atoms with Crippen LogP contribution in [-0.2, 0) is 41.4 Å². The Hall–Kier alpha value is -5.98. The highest BCUT2D eigenvalue weighted by molar-refractivity contribution is 7.81. The van der Waals surface area contributed by atoms with Gasteiger partial charge in [0.05, 0.1) is 51.7 Å². The van der Waals surface area contributed by atoms with Gasteiger partial charge in [-0.1, -0.05) is 45.0 Å². The number of nitriles is 1. The lowest BCUT2D eigenvalue weighted by Crippen LogP contribution is -2.58. The molecule has 1 aromatic heterocycles. The number of β-amino-alcohol motifs (C(OH)–C–C–N with tert-alkyl or cyclic N) is 1. The van der Waals surface area contributed by atoms with Crippen LogP contribution in [0.3, 0.4) is 0 Å². The summed E-state index contributed by atoms with van der Waals surface area (Å²) in [6, 6.07) is 17.5. The zero-order valence-corrected chi connectivity index (χ0v) is 43.0. The van der Waals surface area contributed by atoms with Crippen LogP contribution in [0.4, 0.5) is 24.5 Å². The number of aryl methyl sites for hydroxylation is 1. The van der Waals surface area contributed by atoms with E-state index < -0.39 is 64.2 Å². The molecular weight excluding hydrogens is 972 g/mol. The minimum absolute atomic E-state index is 0.00535. The van der Waals surface area contributed by atoms with Crippen molar-refractivity contribution in [3.8, 4) is 22.3 Å². The van der Waals surface area contributed by atoms with Gasteiger partial charge in [0.1, 0.15) is 30.0 Å². The van der Waals surface area contributed by atoms with Crippen molar-refractivity contribution in [1.29, 1.82) is 5.26 Å². The first-order valence-electron chi connectivity index (χ1n) is 23.8. The first kappa shape index (κ1) is 55.3. The molecule has 20 heteroatoms. The summed E-state index contributed by atoms with van der Waals surface area (Å²) in [4.78, 5) is 63.3. The topological polar surface area (TPSA) is 187 Å². The van der Waals surface area contributed by atoms with Crippen molar-refractivity contribution in [2.75, 3.05) is 49.4 Å². The van der Waals surface area contributed by atoms with E-state index in [1.54, 1.807) is 65.9 Å². The standard InChI is InChI=1S/C52H62F3N7O8S2/c1-33-44(72-32-58-33)35-14-12-34(13-15-35)29-57-46(65)42-27-39(63)30-60(42)47(66)45(50(2,3)4)59-43(64)31-69-24-11-10-23-68-22-8-7-9-25-70-40-20-18-37(19-21-40)62-49(71)61(48(67)51(62,5)6)38-17-16-36(28-56)41(26-38)52(53,54)55/h12-21,26,32,39,42,45,63H,7-11,22-25,27,29-31H2,1-6H3,(H,57,65)(H,59,64)/t39-,42+,45-/m1/s1. The highest BCUT2D eigenvalue weighted by atomic mass is 32.1. The first-order chi connectivity index (χ1) is 34.1. The van der Waals surface area contributed by atoms with Crippen LogP contribution in [0.2, 0.25) is 0 Å². The van der Waals surface area contributed by atoms with Gasteiger partial charge >= 0.3 is 6.18 Å².